The highest BCUT2D eigenvalue weighted by Gasteiger charge is 2.53. The minimum atomic E-state index is -0.602. The summed E-state index contributed by atoms with van der Waals surface area (Å²) in [5, 5.41) is 2.40. The van der Waals surface area contributed by atoms with Crippen LogP contribution in [0.2, 0.25) is 0 Å². The van der Waals surface area contributed by atoms with Crippen LogP contribution in [0.15, 0.2) is 12.2 Å². The van der Waals surface area contributed by atoms with Crippen molar-refractivity contribution in [1.82, 2.24) is 5.32 Å². The Bertz CT molecular complexity index is 300. The van der Waals surface area contributed by atoms with Crippen molar-refractivity contribution in [2.45, 2.75) is 17.6 Å². The van der Waals surface area contributed by atoms with Gasteiger partial charge < -0.3 is 0 Å². The molecule has 1 heterocycles. The van der Waals surface area contributed by atoms with Crippen LogP contribution in [0.3, 0.4) is 0 Å². The molecule has 2 amide bonds. The van der Waals surface area contributed by atoms with Crippen LogP contribution < -0.4 is 5.32 Å². The zero-order valence-electron chi connectivity index (χ0n) is 7.37. The molecule has 0 bridgehead atoms. The fraction of sp³-hybridized carbons (Fsp3) is 0.556. The number of thioether (sulfide) groups is 1. The first-order valence-electron chi connectivity index (χ1n) is 4.29. The lowest BCUT2D eigenvalue weighted by atomic mass is 9.85. The van der Waals surface area contributed by atoms with Gasteiger partial charge in [-0.25, -0.2) is 0 Å². The molecule has 2 aliphatic rings. The van der Waals surface area contributed by atoms with Crippen LogP contribution in [0, 0.1) is 5.92 Å². The van der Waals surface area contributed by atoms with Gasteiger partial charge in [0.2, 0.25) is 11.8 Å². The van der Waals surface area contributed by atoms with Crippen molar-refractivity contribution in [2.75, 3.05) is 6.26 Å². The van der Waals surface area contributed by atoms with Gasteiger partial charge in [-0.05, 0) is 19.1 Å². The van der Waals surface area contributed by atoms with Gasteiger partial charge in [-0.1, -0.05) is 12.2 Å². The Hall–Kier alpha value is -0.770. The number of nitrogens with one attached hydrogen (secondary N) is 1. The number of carbonyl (C=O) groups is 2. The fourth-order valence-corrected chi connectivity index (χ4v) is 2.99. The van der Waals surface area contributed by atoms with Gasteiger partial charge >= 0.3 is 0 Å². The Labute approximate surface area is 81.0 Å². The van der Waals surface area contributed by atoms with E-state index in [-0.39, 0.29) is 17.7 Å². The number of hydrogen-bond acceptors (Lipinski definition) is 3. The molecule has 1 saturated heterocycles. The molecule has 2 unspecified atom stereocenters. The van der Waals surface area contributed by atoms with E-state index in [1.54, 1.807) is 0 Å². The molecule has 0 aromatic carbocycles. The summed E-state index contributed by atoms with van der Waals surface area (Å²) in [6.07, 6.45) is 7.43. The maximum absolute atomic E-state index is 11.6. The number of hydrogen-bond donors (Lipinski definition) is 1. The molecule has 1 aliphatic heterocycles. The number of carbonyl (C=O) groups excluding carboxylic acids is 2. The molecule has 2 rings (SSSR count). The molecule has 13 heavy (non-hydrogen) atoms. The van der Waals surface area contributed by atoms with Gasteiger partial charge in [-0.15, -0.1) is 11.8 Å². The molecule has 0 spiro atoms. The monoisotopic (exact) mass is 197 g/mol. The Morgan fingerprint density at radius 3 is 3.00 bits per heavy atom. The highest BCUT2D eigenvalue weighted by atomic mass is 32.2. The van der Waals surface area contributed by atoms with Crippen molar-refractivity contribution in [3.8, 4) is 0 Å². The van der Waals surface area contributed by atoms with Crippen molar-refractivity contribution >= 4 is 23.6 Å². The summed E-state index contributed by atoms with van der Waals surface area (Å²) >= 11 is 1.46. The average Bonchev–Trinajstić information content (AvgIpc) is 2.41. The minimum absolute atomic E-state index is 0.108. The molecule has 70 valence electrons. The highest BCUT2D eigenvalue weighted by molar-refractivity contribution is 8.01. The van der Waals surface area contributed by atoms with Gasteiger partial charge in [0.1, 0.15) is 4.75 Å². The Morgan fingerprint density at radius 1 is 1.62 bits per heavy atom. The first kappa shape index (κ1) is 8.81. The van der Waals surface area contributed by atoms with Gasteiger partial charge in [0.05, 0.1) is 5.92 Å². The van der Waals surface area contributed by atoms with Gasteiger partial charge in [0, 0.05) is 0 Å². The van der Waals surface area contributed by atoms with E-state index in [0.717, 1.165) is 12.8 Å². The third kappa shape index (κ3) is 1.05. The lowest BCUT2D eigenvalue weighted by Crippen LogP contribution is -2.38. The van der Waals surface area contributed by atoms with E-state index in [0.29, 0.717) is 0 Å². The summed E-state index contributed by atoms with van der Waals surface area (Å²) in [4.78, 5) is 23.0. The number of imide groups is 1. The van der Waals surface area contributed by atoms with Crippen LogP contribution in [-0.2, 0) is 9.59 Å². The lowest BCUT2D eigenvalue weighted by Gasteiger charge is -2.28. The van der Waals surface area contributed by atoms with E-state index in [9.17, 15) is 9.59 Å². The molecule has 2 atom stereocenters. The normalized spacial score (nSPS) is 37.5. The van der Waals surface area contributed by atoms with Gasteiger partial charge in [0.15, 0.2) is 0 Å². The van der Waals surface area contributed by atoms with E-state index in [1.165, 1.54) is 11.8 Å². The lowest BCUT2D eigenvalue weighted by molar-refractivity contribution is -0.125. The summed E-state index contributed by atoms with van der Waals surface area (Å²) in [6.45, 7) is 0. The largest absolute Gasteiger partial charge is 0.295 e. The molecule has 0 aromatic heterocycles. The molecule has 1 aliphatic carbocycles. The van der Waals surface area contributed by atoms with Gasteiger partial charge in [-0.2, -0.15) is 0 Å². The van der Waals surface area contributed by atoms with E-state index in [1.807, 2.05) is 18.4 Å². The van der Waals surface area contributed by atoms with Crippen LogP contribution in [0.25, 0.3) is 0 Å². The van der Waals surface area contributed by atoms with E-state index in [4.69, 9.17) is 0 Å². The second-order valence-corrected chi connectivity index (χ2v) is 4.43. The van der Waals surface area contributed by atoms with Crippen LogP contribution >= 0.6 is 11.8 Å². The quantitative estimate of drug-likeness (QED) is 0.497. The second kappa shape index (κ2) is 2.87. The van der Waals surface area contributed by atoms with Crippen LogP contribution in [0.1, 0.15) is 12.8 Å². The predicted molar refractivity (Wildman–Crippen MR) is 51.3 cm³/mol. The number of allylic oxidation sites excluding steroid dienone is 1. The smallest absolute Gasteiger partial charge is 0.247 e. The third-order valence-corrected chi connectivity index (χ3v) is 4.03. The number of fused-ring (bicyclic) bond motifs is 1. The maximum Gasteiger partial charge on any atom is 0.247 e. The molecule has 0 radical (unpaired) electrons. The summed E-state index contributed by atoms with van der Waals surface area (Å²) in [5.74, 6) is -0.408. The third-order valence-electron chi connectivity index (χ3n) is 2.75. The molecule has 1 fully saturated rings. The van der Waals surface area contributed by atoms with Crippen molar-refractivity contribution in [1.29, 1.82) is 0 Å². The first-order chi connectivity index (χ1) is 6.20. The first-order valence-corrected chi connectivity index (χ1v) is 5.51. The molecule has 0 saturated carbocycles. The predicted octanol–water partition coefficient (Wildman–Crippen LogP) is 0.711. The van der Waals surface area contributed by atoms with E-state index in [2.05, 4.69) is 5.32 Å². The maximum atomic E-state index is 11.6. The molecule has 0 aromatic rings. The summed E-state index contributed by atoms with van der Waals surface area (Å²) in [6, 6.07) is 0. The van der Waals surface area contributed by atoms with Crippen molar-refractivity contribution < 1.29 is 9.59 Å². The fourth-order valence-electron chi connectivity index (χ4n) is 2.01. The average molecular weight is 197 g/mol. The van der Waals surface area contributed by atoms with Crippen LogP contribution in [0.4, 0.5) is 0 Å². The Morgan fingerprint density at radius 2 is 2.38 bits per heavy atom. The highest BCUT2D eigenvalue weighted by Crippen LogP contribution is 2.42. The summed E-state index contributed by atoms with van der Waals surface area (Å²) in [7, 11) is 0. The molecular weight excluding hydrogens is 186 g/mol. The standard InChI is InChI=1S/C9H11NO2S/c1-13-9-5-3-2-4-6(9)7(11)10-8(9)12/h3,5-6H,2,4H2,1H3,(H,10,11,12). The Balaban J connectivity index is 2.45. The molecule has 4 heteroatoms. The van der Waals surface area contributed by atoms with E-state index < -0.39 is 4.75 Å². The minimum Gasteiger partial charge on any atom is -0.295 e. The summed E-state index contributed by atoms with van der Waals surface area (Å²) < 4.78 is -0.602. The number of amides is 2. The van der Waals surface area contributed by atoms with Crippen molar-refractivity contribution in [3.05, 3.63) is 12.2 Å². The zero-order valence-corrected chi connectivity index (χ0v) is 8.19. The van der Waals surface area contributed by atoms with Crippen LogP contribution in [-0.4, -0.2) is 22.8 Å². The zero-order chi connectivity index (χ0) is 9.47. The topological polar surface area (TPSA) is 46.2 Å². The van der Waals surface area contributed by atoms with Gasteiger partial charge in [-0.3, -0.25) is 14.9 Å². The molecule has 1 N–H and O–H groups in total. The number of rotatable bonds is 1. The van der Waals surface area contributed by atoms with Gasteiger partial charge in [0.25, 0.3) is 0 Å². The van der Waals surface area contributed by atoms with Crippen LogP contribution in [0.5, 0.6) is 0 Å². The van der Waals surface area contributed by atoms with Crippen molar-refractivity contribution in [3.63, 3.8) is 0 Å². The second-order valence-electron chi connectivity index (χ2n) is 3.35. The van der Waals surface area contributed by atoms with Crippen molar-refractivity contribution in [2.24, 2.45) is 5.92 Å². The molecule has 3 nitrogen and oxygen atoms in total. The Kier molecular flexibility index (Phi) is 1.95. The van der Waals surface area contributed by atoms with E-state index >= 15 is 0 Å². The SMILES string of the molecule is CSC12C=CCCC1C(=O)NC2=O. The summed E-state index contributed by atoms with van der Waals surface area (Å²) in [5.41, 5.74) is 0. The molecular formula is C9H11NO2S.